The third kappa shape index (κ3) is 4.89. The molecule has 0 aromatic heterocycles. The zero-order chi connectivity index (χ0) is 24.3. The minimum absolute atomic E-state index is 0.208. The lowest BCUT2D eigenvalue weighted by Crippen LogP contribution is -2.60. The Bertz CT molecular complexity index is 1280. The summed E-state index contributed by atoms with van der Waals surface area (Å²) in [6.07, 6.45) is 0. The van der Waals surface area contributed by atoms with Crippen LogP contribution in [0.2, 0.25) is 0 Å². The monoisotopic (exact) mass is 507 g/mol. The van der Waals surface area contributed by atoms with Crippen LogP contribution in [-0.4, -0.2) is 55.4 Å². The third-order valence-corrected chi connectivity index (χ3v) is 9.06. The lowest BCUT2D eigenvalue weighted by molar-refractivity contribution is -0.0666. The Morgan fingerprint density at radius 3 is 2.20 bits per heavy atom. The first-order valence-electron chi connectivity index (χ1n) is 11.7. The first-order chi connectivity index (χ1) is 17.0. The van der Waals surface area contributed by atoms with Gasteiger partial charge in [0.2, 0.25) is 0 Å². The number of rotatable bonds is 6. The smallest absolute Gasteiger partial charge is 0.284 e. The Balaban J connectivity index is 1.64. The fraction of sp³-hybridized carbons (Fsp3) is 0.296. The Hall–Kier alpha value is -2.65. The molecule has 2 heterocycles. The van der Waals surface area contributed by atoms with Crippen LogP contribution in [0.5, 0.6) is 0 Å². The van der Waals surface area contributed by atoms with Gasteiger partial charge in [0.1, 0.15) is 5.66 Å². The quantitative estimate of drug-likeness (QED) is 0.491. The molecule has 1 unspecified atom stereocenters. The molecule has 2 fully saturated rings. The van der Waals surface area contributed by atoms with Crippen LogP contribution in [0.4, 0.5) is 0 Å². The number of nitrogens with zero attached hydrogens (tertiary/aromatic N) is 3. The molecule has 0 spiro atoms. The molecule has 2 aliphatic heterocycles. The van der Waals surface area contributed by atoms with Crippen molar-refractivity contribution >= 4 is 27.0 Å². The Morgan fingerprint density at radius 1 is 0.914 bits per heavy atom. The maximum atomic E-state index is 13.4. The van der Waals surface area contributed by atoms with Crippen molar-refractivity contribution in [3.8, 4) is 0 Å². The van der Waals surface area contributed by atoms with Crippen LogP contribution in [0.15, 0.2) is 94.2 Å². The third-order valence-electron chi connectivity index (χ3n) is 6.55. The van der Waals surface area contributed by atoms with Crippen molar-refractivity contribution in [3.63, 3.8) is 0 Å². The Labute approximate surface area is 211 Å². The van der Waals surface area contributed by atoms with Crippen LogP contribution in [-0.2, 0) is 27.0 Å². The minimum atomic E-state index is -3.87. The van der Waals surface area contributed by atoms with Gasteiger partial charge in [0.25, 0.3) is 10.0 Å². The number of benzene rings is 3. The predicted octanol–water partition coefficient (Wildman–Crippen LogP) is 4.47. The largest absolute Gasteiger partial charge is 0.379 e. The summed E-state index contributed by atoms with van der Waals surface area (Å²) in [6, 6.07) is 27.4. The summed E-state index contributed by atoms with van der Waals surface area (Å²) in [5.41, 5.74) is 2.70. The van der Waals surface area contributed by atoms with E-state index in [0.29, 0.717) is 30.7 Å². The van der Waals surface area contributed by atoms with Gasteiger partial charge in [-0.2, -0.15) is 8.42 Å². The maximum absolute atomic E-state index is 13.4. The molecule has 8 heteroatoms. The second kappa shape index (κ2) is 10.1. The van der Waals surface area contributed by atoms with Crippen molar-refractivity contribution in [2.75, 3.05) is 32.1 Å². The van der Waals surface area contributed by atoms with E-state index in [-0.39, 0.29) is 4.90 Å². The van der Waals surface area contributed by atoms with Crippen molar-refractivity contribution < 1.29 is 13.2 Å². The fourth-order valence-electron chi connectivity index (χ4n) is 4.71. The minimum Gasteiger partial charge on any atom is -0.379 e. The van der Waals surface area contributed by atoms with Crippen LogP contribution in [0, 0.1) is 6.92 Å². The highest BCUT2D eigenvalue weighted by Gasteiger charge is 2.51. The van der Waals surface area contributed by atoms with E-state index < -0.39 is 15.7 Å². The number of hydrogen-bond acceptors (Lipinski definition) is 5. The molecule has 2 saturated heterocycles. The van der Waals surface area contributed by atoms with E-state index in [1.54, 1.807) is 24.3 Å². The van der Waals surface area contributed by atoms with E-state index in [9.17, 15) is 8.42 Å². The van der Waals surface area contributed by atoms with Gasteiger partial charge in [0, 0.05) is 25.4 Å². The highest BCUT2D eigenvalue weighted by molar-refractivity contribution is 8.14. The number of hydrogen-bond donors (Lipinski definition) is 0. The fourth-order valence-corrected chi connectivity index (χ4v) is 7.31. The zero-order valence-corrected chi connectivity index (χ0v) is 21.3. The molecule has 0 saturated carbocycles. The van der Waals surface area contributed by atoms with Gasteiger partial charge in [-0.25, -0.2) is 0 Å². The average molecular weight is 508 g/mol. The standard InChI is InChI=1S/C27H29N3O3S2/c1-22-12-14-25(15-13-22)35(31,32)28-26-30(20-23-8-4-2-5-9-23)27(21-34-26,24-10-6-3-7-11-24)29-16-18-33-19-17-29/h2-15H,16-21H2,1H3. The Morgan fingerprint density at radius 2 is 1.54 bits per heavy atom. The molecule has 3 aromatic carbocycles. The molecule has 35 heavy (non-hydrogen) atoms. The van der Waals surface area contributed by atoms with Gasteiger partial charge < -0.3 is 9.64 Å². The van der Waals surface area contributed by atoms with Gasteiger partial charge >= 0.3 is 0 Å². The van der Waals surface area contributed by atoms with Crippen LogP contribution >= 0.6 is 11.8 Å². The van der Waals surface area contributed by atoms with E-state index in [1.807, 2.05) is 43.3 Å². The van der Waals surface area contributed by atoms with Crippen LogP contribution in [0.1, 0.15) is 16.7 Å². The van der Waals surface area contributed by atoms with Gasteiger partial charge in [0.05, 0.1) is 18.1 Å². The van der Waals surface area contributed by atoms with Crippen molar-refractivity contribution in [3.05, 3.63) is 102 Å². The molecule has 0 radical (unpaired) electrons. The molecule has 0 N–H and O–H groups in total. The molecule has 182 valence electrons. The molecule has 0 amide bonds. The topological polar surface area (TPSA) is 62.2 Å². The highest BCUT2D eigenvalue weighted by Crippen LogP contribution is 2.45. The van der Waals surface area contributed by atoms with Crippen LogP contribution in [0.3, 0.4) is 0 Å². The first-order valence-corrected chi connectivity index (χ1v) is 14.2. The molecule has 3 aromatic rings. The van der Waals surface area contributed by atoms with E-state index in [2.05, 4.69) is 38.5 Å². The maximum Gasteiger partial charge on any atom is 0.284 e. The highest BCUT2D eigenvalue weighted by atomic mass is 32.2. The van der Waals surface area contributed by atoms with Crippen LogP contribution in [0.25, 0.3) is 0 Å². The number of morpholine rings is 1. The number of aryl methyl sites for hydroxylation is 1. The van der Waals surface area contributed by atoms with E-state index in [1.165, 1.54) is 11.8 Å². The summed E-state index contributed by atoms with van der Waals surface area (Å²) in [6.45, 7) is 5.30. The number of amidine groups is 1. The molecule has 5 rings (SSSR count). The number of sulfonamides is 1. The molecule has 2 aliphatic rings. The summed E-state index contributed by atoms with van der Waals surface area (Å²) in [7, 11) is -3.87. The van der Waals surface area contributed by atoms with Crippen LogP contribution < -0.4 is 0 Å². The van der Waals surface area contributed by atoms with Crippen molar-refractivity contribution in [1.82, 2.24) is 9.80 Å². The average Bonchev–Trinajstić information content (AvgIpc) is 3.24. The van der Waals surface area contributed by atoms with Crippen molar-refractivity contribution in [1.29, 1.82) is 0 Å². The van der Waals surface area contributed by atoms with Gasteiger partial charge in [-0.05, 0) is 30.2 Å². The number of thioether (sulfide) groups is 1. The second-order valence-electron chi connectivity index (χ2n) is 8.80. The van der Waals surface area contributed by atoms with Crippen molar-refractivity contribution in [2.45, 2.75) is 24.0 Å². The first kappa shape index (κ1) is 24.1. The normalized spacial score (nSPS) is 22.5. The molecule has 0 bridgehead atoms. The summed E-state index contributed by atoms with van der Waals surface area (Å²) in [5.74, 6) is 0.673. The SMILES string of the molecule is Cc1ccc(S(=O)(=O)N=C2SCC(c3ccccc3)(N3CCOCC3)N2Cc2ccccc2)cc1. The van der Waals surface area contributed by atoms with Gasteiger partial charge in [-0.3, -0.25) is 4.90 Å². The lowest BCUT2D eigenvalue weighted by Gasteiger charge is -2.48. The van der Waals surface area contributed by atoms with Gasteiger partial charge in [-0.1, -0.05) is 90.1 Å². The summed E-state index contributed by atoms with van der Waals surface area (Å²) >= 11 is 1.50. The Kier molecular flexibility index (Phi) is 6.98. The van der Waals surface area contributed by atoms with E-state index in [4.69, 9.17) is 4.74 Å². The van der Waals surface area contributed by atoms with Crippen molar-refractivity contribution in [2.24, 2.45) is 4.40 Å². The lowest BCUT2D eigenvalue weighted by atomic mass is 9.96. The molecular formula is C27H29N3O3S2. The second-order valence-corrected chi connectivity index (χ2v) is 11.4. The molecule has 0 aliphatic carbocycles. The molecule has 6 nitrogen and oxygen atoms in total. The molecule has 1 atom stereocenters. The summed E-state index contributed by atoms with van der Waals surface area (Å²) in [4.78, 5) is 4.81. The van der Waals surface area contributed by atoms with E-state index >= 15 is 0 Å². The zero-order valence-electron chi connectivity index (χ0n) is 19.7. The van der Waals surface area contributed by atoms with Gasteiger partial charge in [-0.15, -0.1) is 4.40 Å². The summed E-state index contributed by atoms with van der Waals surface area (Å²) < 4.78 is 36.8. The number of ether oxygens (including phenoxy) is 1. The summed E-state index contributed by atoms with van der Waals surface area (Å²) in [5, 5.41) is 0.518. The van der Waals surface area contributed by atoms with E-state index in [0.717, 1.165) is 29.8 Å². The van der Waals surface area contributed by atoms with Gasteiger partial charge in [0.15, 0.2) is 5.17 Å². The molecular weight excluding hydrogens is 478 g/mol. The predicted molar refractivity (Wildman–Crippen MR) is 141 cm³/mol.